The molecule has 0 atom stereocenters. The molecule has 0 bridgehead atoms. The lowest BCUT2D eigenvalue weighted by atomic mass is 10.1. The summed E-state index contributed by atoms with van der Waals surface area (Å²) in [4.78, 5) is 16.8. The number of rotatable bonds is 11. The van der Waals surface area contributed by atoms with E-state index >= 15 is 0 Å². The minimum Gasteiger partial charge on any atom is -0.303 e. The largest absolute Gasteiger partial charge is 0.469 e. The van der Waals surface area contributed by atoms with Crippen molar-refractivity contribution >= 4 is 7.82 Å². The van der Waals surface area contributed by atoms with Crippen LogP contribution in [0.4, 0.5) is 0 Å². The lowest BCUT2D eigenvalue weighted by Gasteiger charge is -2.04. The highest BCUT2D eigenvalue weighted by molar-refractivity contribution is 7.46. The molecule has 0 saturated heterocycles. The van der Waals surface area contributed by atoms with Gasteiger partial charge in [0.05, 0.1) is 6.61 Å². The second-order valence-electron chi connectivity index (χ2n) is 3.88. The van der Waals surface area contributed by atoms with Crippen LogP contribution < -0.4 is 0 Å². The molecule has 0 aliphatic rings. The zero-order chi connectivity index (χ0) is 12.3. The van der Waals surface area contributed by atoms with Gasteiger partial charge in [-0.1, -0.05) is 38.2 Å². The summed E-state index contributed by atoms with van der Waals surface area (Å²) < 4.78 is 14.7. The SMILES string of the molecule is C=CCCCCCCCCCOP(=O)(O)O. The van der Waals surface area contributed by atoms with Gasteiger partial charge in [0.1, 0.15) is 0 Å². The molecule has 5 heteroatoms. The maximum absolute atomic E-state index is 10.3. The van der Waals surface area contributed by atoms with Crippen LogP contribution in [0.3, 0.4) is 0 Å². The lowest BCUT2D eigenvalue weighted by molar-refractivity contribution is 0.193. The molecule has 2 N–H and O–H groups in total. The van der Waals surface area contributed by atoms with Crippen LogP contribution >= 0.6 is 7.82 Å². The summed E-state index contributed by atoms with van der Waals surface area (Å²) in [7, 11) is -4.25. The summed E-state index contributed by atoms with van der Waals surface area (Å²) in [6, 6.07) is 0. The van der Waals surface area contributed by atoms with E-state index in [0.717, 1.165) is 25.7 Å². The third-order valence-electron chi connectivity index (χ3n) is 2.31. The summed E-state index contributed by atoms with van der Waals surface area (Å²) in [6.45, 7) is 3.82. The third kappa shape index (κ3) is 13.8. The van der Waals surface area contributed by atoms with Gasteiger partial charge in [0, 0.05) is 0 Å². The fourth-order valence-corrected chi connectivity index (χ4v) is 1.83. The summed E-state index contributed by atoms with van der Waals surface area (Å²) in [5.74, 6) is 0. The molecule has 0 saturated carbocycles. The first-order chi connectivity index (χ1) is 7.56. The van der Waals surface area contributed by atoms with Crippen LogP contribution in [0, 0.1) is 0 Å². The molecule has 4 nitrogen and oxygen atoms in total. The van der Waals surface area contributed by atoms with Crippen molar-refractivity contribution in [1.82, 2.24) is 0 Å². The highest BCUT2D eigenvalue weighted by atomic mass is 31.2. The average molecular weight is 250 g/mol. The van der Waals surface area contributed by atoms with Gasteiger partial charge in [-0.3, -0.25) is 4.52 Å². The Morgan fingerprint density at radius 1 is 1.00 bits per heavy atom. The van der Waals surface area contributed by atoms with Crippen LogP contribution in [0.25, 0.3) is 0 Å². The predicted octanol–water partition coefficient (Wildman–Crippen LogP) is 3.40. The Balaban J connectivity index is 3.04. The second kappa shape index (κ2) is 10.0. The molecule has 0 aromatic carbocycles. The van der Waals surface area contributed by atoms with Crippen LogP contribution in [-0.2, 0) is 9.09 Å². The molecule has 0 aromatic rings. The summed E-state index contributed by atoms with van der Waals surface area (Å²) in [5.41, 5.74) is 0. The molecule has 0 aliphatic heterocycles. The Hall–Kier alpha value is -0.150. The van der Waals surface area contributed by atoms with Crippen LogP contribution in [-0.4, -0.2) is 16.4 Å². The minimum atomic E-state index is -4.25. The van der Waals surface area contributed by atoms with E-state index in [2.05, 4.69) is 11.1 Å². The van der Waals surface area contributed by atoms with Crippen molar-refractivity contribution in [2.24, 2.45) is 0 Å². The van der Waals surface area contributed by atoms with Gasteiger partial charge in [-0.15, -0.1) is 6.58 Å². The molecule has 0 amide bonds. The van der Waals surface area contributed by atoms with Gasteiger partial charge >= 0.3 is 7.82 Å². The first-order valence-electron chi connectivity index (χ1n) is 5.87. The Bertz CT molecular complexity index is 212. The van der Waals surface area contributed by atoms with Crippen molar-refractivity contribution in [2.75, 3.05) is 6.61 Å². The molecule has 0 unspecified atom stereocenters. The highest BCUT2D eigenvalue weighted by Crippen LogP contribution is 2.35. The van der Waals surface area contributed by atoms with E-state index in [-0.39, 0.29) is 6.61 Å². The van der Waals surface area contributed by atoms with E-state index in [1.807, 2.05) is 6.08 Å². The predicted molar refractivity (Wildman–Crippen MR) is 65.1 cm³/mol. The number of hydrogen-bond acceptors (Lipinski definition) is 2. The fraction of sp³-hybridized carbons (Fsp3) is 0.818. The Labute approximate surface area is 98.0 Å². The van der Waals surface area contributed by atoms with Crippen molar-refractivity contribution in [1.29, 1.82) is 0 Å². The van der Waals surface area contributed by atoms with Gasteiger partial charge in [-0.05, 0) is 19.3 Å². The van der Waals surface area contributed by atoms with E-state index in [1.165, 1.54) is 25.7 Å². The number of allylic oxidation sites excluding steroid dienone is 1. The van der Waals surface area contributed by atoms with Crippen molar-refractivity contribution in [3.63, 3.8) is 0 Å². The molecule has 0 aromatic heterocycles. The van der Waals surface area contributed by atoms with Crippen LogP contribution in [0.1, 0.15) is 51.4 Å². The van der Waals surface area contributed by atoms with E-state index in [1.54, 1.807) is 0 Å². The zero-order valence-electron chi connectivity index (χ0n) is 9.81. The molecule has 0 fully saturated rings. The number of hydrogen-bond donors (Lipinski definition) is 2. The monoisotopic (exact) mass is 250 g/mol. The van der Waals surface area contributed by atoms with E-state index < -0.39 is 7.82 Å². The summed E-state index contributed by atoms with van der Waals surface area (Å²) >= 11 is 0. The van der Waals surface area contributed by atoms with E-state index in [9.17, 15) is 4.57 Å². The first kappa shape index (κ1) is 15.9. The molecule has 0 rings (SSSR count). The molecule has 16 heavy (non-hydrogen) atoms. The first-order valence-corrected chi connectivity index (χ1v) is 7.40. The maximum atomic E-state index is 10.3. The average Bonchev–Trinajstić information content (AvgIpc) is 2.19. The summed E-state index contributed by atoms with van der Waals surface area (Å²) in [5, 5.41) is 0. The molecule has 0 aliphatic carbocycles. The standard InChI is InChI=1S/C11H23O4P/c1-2-3-4-5-6-7-8-9-10-11-15-16(12,13)14/h2H,1,3-11H2,(H2,12,13,14). The smallest absolute Gasteiger partial charge is 0.303 e. The quantitative estimate of drug-likeness (QED) is 0.335. The topological polar surface area (TPSA) is 66.8 Å². The van der Waals surface area contributed by atoms with Gasteiger partial charge in [0.2, 0.25) is 0 Å². The van der Waals surface area contributed by atoms with Crippen LogP contribution in [0.2, 0.25) is 0 Å². The second-order valence-corrected chi connectivity index (χ2v) is 5.12. The number of phosphoric ester groups is 1. The van der Waals surface area contributed by atoms with Gasteiger partial charge in [-0.2, -0.15) is 0 Å². The molecular formula is C11H23O4P. The molecule has 0 spiro atoms. The van der Waals surface area contributed by atoms with Crippen LogP contribution in [0.15, 0.2) is 12.7 Å². The molecule has 0 heterocycles. The van der Waals surface area contributed by atoms with Crippen molar-refractivity contribution < 1.29 is 18.9 Å². The number of phosphoric acid groups is 1. The van der Waals surface area contributed by atoms with Crippen molar-refractivity contribution in [3.05, 3.63) is 12.7 Å². The van der Waals surface area contributed by atoms with E-state index in [4.69, 9.17) is 9.79 Å². The normalized spacial score (nSPS) is 11.6. The van der Waals surface area contributed by atoms with Gasteiger partial charge < -0.3 is 9.79 Å². The molecule has 0 radical (unpaired) electrons. The number of unbranched alkanes of at least 4 members (excludes halogenated alkanes) is 7. The Kier molecular flexibility index (Phi) is 9.94. The van der Waals surface area contributed by atoms with Crippen molar-refractivity contribution in [3.8, 4) is 0 Å². The van der Waals surface area contributed by atoms with Gasteiger partial charge in [0.15, 0.2) is 0 Å². The lowest BCUT2D eigenvalue weighted by Crippen LogP contribution is -1.92. The molecule has 96 valence electrons. The minimum absolute atomic E-state index is 0.154. The Morgan fingerprint density at radius 3 is 2.00 bits per heavy atom. The Morgan fingerprint density at radius 2 is 1.50 bits per heavy atom. The van der Waals surface area contributed by atoms with Gasteiger partial charge in [0.25, 0.3) is 0 Å². The third-order valence-corrected chi connectivity index (χ3v) is 2.83. The highest BCUT2D eigenvalue weighted by Gasteiger charge is 2.12. The molecular weight excluding hydrogens is 227 g/mol. The fourth-order valence-electron chi connectivity index (χ4n) is 1.46. The maximum Gasteiger partial charge on any atom is 0.469 e. The van der Waals surface area contributed by atoms with Gasteiger partial charge in [-0.25, -0.2) is 4.57 Å². The zero-order valence-corrected chi connectivity index (χ0v) is 10.7. The van der Waals surface area contributed by atoms with Crippen molar-refractivity contribution in [2.45, 2.75) is 51.4 Å². The summed E-state index contributed by atoms with van der Waals surface area (Å²) in [6.07, 6.45) is 10.7. The van der Waals surface area contributed by atoms with Crippen LogP contribution in [0.5, 0.6) is 0 Å². The van der Waals surface area contributed by atoms with E-state index in [0.29, 0.717) is 0 Å².